The maximum Gasteiger partial charge on any atom is 0.257 e. The van der Waals surface area contributed by atoms with Gasteiger partial charge in [-0.3, -0.25) is 14.9 Å². The number of aromatic nitrogens is 1. The van der Waals surface area contributed by atoms with E-state index in [1.54, 1.807) is 6.07 Å². The zero-order valence-electron chi connectivity index (χ0n) is 12.2. The number of nitrogens with one attached hydrogen (secondary N) is 2. The molecule has 2 amide bonds. The summed E-state index contributed by atoms with van der Waals surface area (Å²) in [6.07, 6.45) is 4.96. The van der Waals surface area contributed by atoms with Gasteiger partial charge in [0.05, 0.1) is 0 Å². The molecule has 4 nitrogen and oxygen atoms in total. The summed E-state index contributed by atoms with van der Waals surface area (Å²) in [6, 6.07) is 7.63. The van der Waals surface area contributed by atoms with Crippen molar-refractivity contribution >= 4 is 22.7 Å². The highest BCUT2D eigenvalue weighted by molar-refractivity contribution is 6.06. The van der Waals surface area contributed by atoms with Crippen molar-refractivity contribution in [1.82, 2.24) is 10.3 Å². The second kappa shape index (κ2) is 5.72. The molecule has 2 N–H and O–H groups in total. The average Bonchev–Trinajstić information content (AvgIpc) is 2.78. The Morgan fingerprint density at radius 3 is 2.76 bits per heavy atom. The van der Waals surface area contributed by atoms with Crippen LogP contribution in [-0.4, -0.2) is 16.8 Å². The van der Waals surface area contributed by atoms with Crippen molar-refractivity contribution in [2.75, 3.05) is 0 Å². The quantitative estimate of drug-likeness (QED) is 0.847. The Morgan fingerprint density at radius 2 is 2.10 bits per heavy atom. The van der Waals surface area contributed by atoms with Crippen LogP contribution in [0.1, 0.15) is 48.7 Å². The lowest BCUT2D eigenvalue weighted by atomic mass is 9.85. The second-order valence-electron chi connectivity index (χ2n) is 5.79. The van der Waals surface area contributed by atoms with E-state index in [2.05, 4.69) is 23.3 Å². The van der Waals surface area contributed by atoms with Crippen LogP contribution in [0.25, 0.3) is 10.9 Å². The molecule has 1 aliphatic rings. The molecule has 110 valence electrons. The van der Waals surface area contributed by atoms with Crippen LogP contribution in [0.5, 0.6) is 0 Å². The molecule has 0 radical (unpaired) electrons. The van der Waals surface area contributed by atoms with Crippen LogP contribution in [0.3, 0.4) is 0 Å². The minimum Gasteiger partial charge on any atom is -0.358 e. The molecule has 1 saturated carbocycles. The van der Waals surface area contributed by atoms with Gasteiger partial charge in [0.25, 0.3) is 5.91 Å². The monoisotopic (exact) mass is 284 g/mol. The van der Waals surface area contributed by atoms with Crippen LogP contribution in [-0.2, 0) is 11.2 Å². The van der Waals surface area contributed by atoms with Gasteiger partial charge in [0.15, 0.2) is 0 Å². The molecule has 2 aromatic rings. The van der Waals surface area contributed by atoms with E-state index < -0.39 is 0 Å². The lowest BCUT2D eigenvalue weighted by molar-refractivity contribution is -0.126. The Kier molecular flexibility index (Phi) is 3.78. The molecule has 21 heavy (non-hydrogen) atoms. The van der Waals surface area contributed by atoms with Crippen LogP contribution < -0.4 is 5.32 Å². The van der Waals surface area contributed by atoms with Crippen LogP contribution in [0.15, 0.2) is 24.3 Å². The minimum absolute atomic E-state index is 0.0272. The third-order valence-electron chi connectivity index (χ3n) is 4.17. The number of benzene rings is 1. The van der Waals surface area contributed by atoms with Crippen molar-refractivity contribution in [2.45, 2.75) is 39.0 Å². The molecule has 0 saturated heterocycles. The summed E-state index contributed by atoms with van der Waals surface area (Å²) in [5.41, 5.74) is 2.65. The van der Waals surface area contributed by atoms with E-state index in [-0.39, 0.29) is 17.7 Å². The fourth-order valence-electron chi connectivity index (χ4n) is 2.69. The van der Waals surface area contributed by atoms with Gasteiger partial charge in [-0.05, 0) is 42.8 Å². The molecule has 0 unspecified atom stereocenters. The number of rotatable bonds is 4. The summed E-state index contributed by atoms with van der Waals surface area (Å²) < 4.78 is 0. The first-order valence-electron chi connectivity index (χ1n) is 7.64. The molecule has 1 aromatic carbocycles. The molecule has 1 aromatic heterocycles. The predicted octanol–water partition coefficient (Wildman–Crippen LogP) is 3.18. The van der Waals surface area contributed by atoms with E-state index in [1.165, 1.54) is 5.69 Å². The maximum absolute atomic E-state index is 12.1. The maximum atomic E-state index is 12.1. The molecular formula is C17H20N2O2. The van der Waals surface area contributed by atoms with Gasteiger partial charge in [0.1, 0.15) is 0 Å². The molecule has 1 heterocycles. The van der Waals surface area contributed by atoms with E-state index in [0.717, 1.165) is 43.0 Å². The van der Waals surface area contributed by atoms with Gasteiger partial charge in [-0.2, -0.15) is 0 Å². The number of imide groups is 1. The summed E-state index contributed by atoms with van der Waals surface area (Å²) in [5, 5.41) is 3.60. The molecule has 4 heteroatoms. The summed E-state index contributed by atoms with van der Waals surface area (Å²) in [7, 11) is 0. The molecular weight excluding hydrogens is 264 g/mol. The van der Waals surface area contributed by atoms with Crippen LogP contribution in [0, 0.1) is 5.92 Å². The van der Waals surface area contributed by atoms with Crippen LogP contribution >= 0.6 is 0 Å². The standard InChI is InChI=1S/C17H20N2O2/c1-2-4-14-9-12-7-8-13(10-15(12)18-14)17(21)19-16(20)11-5-3-6-11/h7-11,18H,2-6H2,1H3,(H,19,20,21). The predicted molar refractivity (Wildman–Crippen MR) is 82.1 cm³/mol. The number of hydrogen-bond donors (Lipinski definition) is 2. The smallest absolute Gasteiger partial charge is 0.257 e. The first-order valence-corrected chi connectivity index (χ1v) is 7.64. The SMILES string of the molecule is CCCc1cc2ccc(C(=O)NC(=O)C3CCC3)cc2[nH]1. The van der Waals surface area contributed by atoms with Gasteiger partial charge >= 0.3 is 0 Å². The van der Waals surface area contributed by atoms with Gasteiger partial charge in [0.2, 0.25) is 5.91 Å². The van der Waals surface area contributed by atoms with Crippen LogP contribution in [0.2, 0.25) is 0 Å². The van der Waals surface area contributed by atoms with Crippen molar-refractivity contribution in [3.05, 3.63) is 35.5 Å². The van der Waals surface area contributed by atoms with E-state index in [4.69, 9.17) is 0 Å². The van der Waals surface area contributed by atoms with Gasteiger partial charge in [0, 0.05) is 22.7 Å². The number of aromatic amines is 1. The number of carbonyl (C=O) groups excluding carboxylic acids is 2. The highest BCUT2D eigenvalue weighted by Crippen LogP contribution is 2.26. The fraction of sp³-hybridized carbons (Fsp3) is 0.412. The minimum atomic E-state index is -0.305. The van der Waals surface area contributed by atoms with Crippen molar-refractivity contribution in [2.24, 2.45) is 5.92 Å². The Bertz CT molecular complexity index is 683. The van der Waals surface area contributed by atoms with Crippen molar-refractivity contribution in [1.29, 1.82) is 0 Å². The highest BCUT2D eigenvalue weighted by Gasteiger charge is 2.26. The number of fused-ring (bicyclic) bond motifs is 1. The lowest BCUT2D eigenvalue weighted by Gasteiger charge is -2.23. The van der Waals surface area contributed by atoms with Gasteiger partial charge in [-0.25, -0.2) is 0 Å². The Labute approximate surface area is 123 Å². The number of hydrogen-bond acceptors (Lipinski definition) is 2. The fourth-order valence-corrected chi connectivity index (χ4v) is 2.69. The van der Waals surface area contributed by atoms with E-state index in [0.29, 0.717) is 5.56 Å². The third kappa shape index (κ3) is 2.84. The van der Waals surface area contributed by atoms with E-state index in [1.807, 2.05) is 12.1 Å². The summed E-state index contributed by atoms with van der Waals surface area (Å²) in [6.45, 7) is 2.14. The van der Waals surface area contributed by atoms with Crippen molar-refractivity contribution < 1.29 is 9.59 Å². The second-order valence-corrected chi connectivity index (χ2v) is 5.79. The molecule has 0 spiro atoms. The summed E-state index contributed by atoms with van der Waals surface area (Å²) in [4.78, 5) is 27.3. The van der Waals surface area contributed by atoms with Gasteiger partial charge in [-0.1, -0.05) is 25.8 Å². The third-order valence-corrected chi connectivity index (χ3v) is 4.17. The highest BCUT2D eigenvalue weighted by atomic mass is 16.2. The zero-order valence-corrected chi connectivity index (χ0v) is 12.2. The van der Waals surface area contributed by atoms with Gasteiger partial charge in [-0.15, -0.1) is 0 Å². The zero-order chi connectivity index (χ0) is 14.8. The van der Waals surface area contributed by atoms with Crippen LogP contribution in [0.4, 0.5) is 0 Å². The topological polar surface area (TPSA) is 62.0 Å². The largest absolute Gasteiger partial charge is 0.358 e. The number of aryl methyl sites for hydroxylation is 1. The Hall–Kier alpha value is -2.10. The molecule has 1 fully saturated rings. The summed E-state index contributed by atoms with van der Waals surface area (Å²) >= 11 is 0. The molecule has 3 rings (SSSR count). The van der Waals surface area contributed by atoms with E-state index >= 15 is 0 Å². The lowest BCUT2D eigenvalue weighted by Crippen LogP contribution is -2.38. The molecule has 1 aliphatic carbocycles. The molecule has 0 bridgehead atoms. The average molecular weight is 284 g/mol. The number of carbonyl (C=O) groups is 2. The van der Waals surface area contributed by atoms with Crippen molar-refractivity contribution in [3.63, 3.8) is 0 Å². The number of amides is 2. The van der Waals surface area contributed by atoms with E-state index in [9.17, 15) is 9.59 Å². The Morgan fingerprint density at radius 1 is 1.29 bits per heavy atom. The summed E-state index contributed by atoms with van der Waals surface area (Å²) in [5.74, 6) is -0.413. The Balaban J connectivity index is 1.76. The first kappa shape index (κ1) is 13.9. The van der Waals surface area contributed by atoms with Gasteiger partial charge < -0.3 is 4.98 Å². The number of H-pyrrole nitrogens is 1. The van der Waals surface area contributed by atoms with Crippen molar-refractivity contribution in [3.8, 4) is 0 Å². The first-order chi connectivity index (χ1) is 10.2. The molecule has 0 aliphatic heterocycles. The molecule has 0 atom stereocenters. The normalized spacial score (nSPS) is 14.9.